The van der Waals surface area contributed by atoms with Crippen LogP contribution in [0.4, 0.5) is 0 Å². The normalized spacial score (nSPS) is 14.4. The smallest absolute Gasteiger partial charge is 0.237 e. The van der Waals surface area contributed by atoms with Crippen molar-refractivity contribution in [3.8, 4) is 0 Å². The van der Waals surface area contributed by atoms with E-state index in [-0.39, 0.29) is 24.0 Å². The maximum Gasteiger partial charge on any atom is 0.237 e. The molecular formula is C13H25N5O. The Kier molecular flexibility index (Phi) is 5.95. The van der Waals surface area contributed by atoms with Crippen molar-refractivity contribution >= 4 is 5.91 Å². The van der Waals surface area contributed by atoms with Crippen LogP contribution in [-0.4, -0.2) is 32.8 Å². The minimum Gasteiger partial charge on any atom is -0.352 e. The fraction of sp³-hybridized carbons (Fsp3) is 0.769. The van der Waals surface area contributed by atoms with Crippen LogP contribution in [-0.2, 0) is 11.8 Å². The lowest BCUT2D eigenvalue weighted by Crippen LogP contribution is -2.46. The highest BCUT2D eigenvalue weighted by Crippen LogP contribution is 2.08. The summed E-state index contributed by atoms with van der Waals surface area (Å²) >= 11 is 0. The van der Waals surface area contributed by atoms with E-state index in [0.29, 0.717) is 0 Å². The van der Waals surface area contributed by atoms with Gasteiger partial charge in [-0.25, -0.2) is 0 Å². The zero-order valence-corrected chi connectivity index (χ0v) is 12.5. The first-order valence-corrected chi connectivity index (χ1v) is 6.89. The second kappa shape index (κ2) is 7.23. The maximum atomic E-state index is 12.0. The first-order chi connectivity index (χ1) is 8.99. The minimum absolute atomic E-state index is 0.0186. The molecule has 1 aromatic rings. The number of nitrogens with zero attached hydrogens (tertiary/aromatic N) is 3. The lowest BCUT2D eigenvalue weighted by Gasteiger charge is -2.22. The topological polar surface area (TPSA) is 71.8 Å². The summed E-state index contributed by atoms with van der Waals surface area (Å²) in [6.07, 6.45) is 3.56. The number of rotatable bonds is 7. The summed E-state index contributed by atoms with van der Waals surface area (Å²) in [6, 6.07) is -0.0239. The molecule has 0 aliphatic carbocycles. The van der Waals surface area contributed by atoms with Gasteiger partial charge in [0.15, 0.2) is 0 Å². The van der Waals surface area contributed by atoms with Crippen molar-refractivity contribution in [1.82, 2.24) is 25.4 Å². The zero-order chi connectivity index (χ0) is 14.4. The largest absolute Gasteiger partial charge is 0.352 e. The van der Waals surface area contributed by atoms with Gasteiger partial charge in [-0.05, 0) is 26.7 Å². The third kappa shape index (κ3) is 4.31. The minimum atomic E-state index is -0.257. The van der Waals surface area contributed by atoms with E-state index in [1.165, 1.54) is 0 Å². The molecule has 0 saturated carbocycles. The fourth-order valence-electron chi connectivity index (χ4n) is 2.03. The fourth-order valence-corrected chi connectivity index (χ4v) is 2.03. The molecule has 6 nitrogen and oxygen atoms in total. The number of carbonyl (C=O) groups excluding carboxylic acids is 1. The first kappa shape index (κ1) is 15.6. The molecule has 0 aromatic carbocycles. The van der Waals surface area contributed by atoms with Crippen molar-refractivity contribution in [2.45, 2.75) is 58.7 Å². The molecule has 6 heteroatoms. The number of amides is 1. The molecule has 108 valence electrons. The van der Waals surface area contributed by atoms with Crippen LogP contribution in [0.5, 0.6) is 0 Å². The molecule has 0 saturated heterocycles. The van der Waals surface area contributed by atoms with E-state index >= 15 is 0 Å². The van der Waals surface area contributed by atoms with Gasteiger partial charge in [0, 0.05) is 13.1 Å². The maximum absolute atomic E-state index is 12.0. The van der Waals surface area contributed by atoms with E-state index in [1.54, 1.807) is 6.33 Å². The number of carbonyl (C=O) groups is 1. The Bertz CT molecular complexity index is 399. The van der Waals surface area contributed by atoms with Crippen molar-refractivity contribution in [2.75, 3.05) is 0 Å². The van der Waals surface area contributed by atoms with Crippen molar-refractivity contribution in [1.29, 1.82) is 0 Å². The molecule has 0 radical (unpaired) electrons. The van der Waals surface area contributed by atoms with E-state index in [4.69, 9.17) is 0 Å². The van der Waals surface area contributed by atoms with Crippen molar-refractivity contribution < 1.29 is 4.79 Å². The summed E-state index contributed by atoms with van der Waals surface area (Å²) in [6.45, 7) is 8.00. The van der Waals surface area contributed by atoms with Gasteiger partial charge in [0.25, 0.3) is 0 Å². The second-order valence-electron chi connectivity index (χ2n) is 4.93. The molecule has 0 spiro atoms. The molecule has 1 rings (SSSR count). The van der Waals surface area contributed by atoms with E-state index in [0.717, 1.165) is 18.7 Å². The van der Waals surface area contributed by atoms with Crippen LogP contribution < -0.4 is 10.6 Å². The number of nitrogens with one attached hydrogen (secondary N) is 2. The van der Waals surface area contributed by atoms with Crippen LogP contribution in [0.1, 0.15) is 52.4 Å². The lowest BCUT2D eigenvalue weighted by molar-refractivity contribution is -0.123. The summed E-state index contributed by atoms with van der Waals surface area (Å²) < 4.78 is 1.85. The van der Waals surface area contributed by atoms with Crippen molar-refractivity contribution in [3.63, 3.8) is 0 Å². The summed E-state index contributed by atoms with van der Waals surface area (Å²) in [5, 5.41) is 14.2. The summed E-state index contributed by atoms with van der Waals surface area (Å²) in [4.78, 5) is 12.0. The zero-order valence-electron chi connectivity index (χ0n) is 12.5. The summed E-state index contributed by atoms with van der Waals surface area (Å²) in [5.74, 6) is 0.852. The Morgan fingerprint density at radius 3 is 2.47 bits per heavy atom. The molecule has 1 heterocycles. The predicted octanol–water partition coefficient (Wildman–Crippen LogP) is 1.16. The molecule has 2 atom stereocenters. The van der Waals surface area contributed by atoms with Crippen LogP contribution in [0, 0.1) is 0 Å². The highest BCUT2D eigenvalue weighted by molar-refractivity contribution is 5.81. The van der Waals surface area contributed by atoms with E-state index in [2.05, 4.69) is 34.7 Å². The molecule has 2 unspecified atom stereocenters. The number of aromatic nitrogens is 3. The van der Waals surface area contributed by atoms with Gasteiger partial charge < -0.3 is 9.88 Å². The van der Waals surface area contributed by atoms with Gasteiger partial charge in [0.1, 0.15) is 12.2 Å². The van der Waals surface area contributed by atoms with Gasteiger partial charge >= 0.3 is 0 Å². The standard InChI is InChI=1S/C13H25N5O/c1-6-11(7-2)16-13(19)10(4)15-9(3)12-17-14-8-18(12)5/h8-11,15H,6-7H2,1-5H3,(H,16,19). The summed E-state index contributed by atoms with van der Waals surface area (Å²) in [7, 11) is 1.89. The number of hydrogen-bond acceptors (Lipinski definition) is 4. The van der Waals surface area contributed by atoms with Crippen LogP contribution in [0.25, 0.3) is 0 Å². The second-order valence-corrected chi connectivity index (χ2v) is 4.93. The van der Waals surface area contributed by atoms with Gasteiger partial charge in [-0.15, -0.1) is 10.2 Å². The molecule has 0 bridgehead atoms. The Labute approximate surface area is 115 Å². The van der Waals surface area contributed by atoms with E-state index < -0.39 is 0 Å². The van der Waals surface area contributed by atoms with Crippen molar-refractivity contribution in [2.24, 2.45) is 7.05 Å². The molecule has 1 aromatic heterocycles. The molecular weight excluding hydrogens is 242 g/mol. The third-order valence-corrected chi connectivity index (χ3v) is 3.36. The number of hydrogen-bond donors (Lipinski definition) is 2. The van der Waals surface area contributed by atoms with Gasteiger partial charge in [0.2, 0.25) is 5.91 Å². The Hall–Kier alpha value is -1.43. The Morgan fingerprint density at radius 2 is 2.00 bits per heavy atom. The van der Waals surface area contributed by atoms with Crippen LogP contribution in [0.2, 0.25) is 0 Å². The molecule has 0 fully saturated rings. The van der Waals surface area contributed by atoms with Gasteiger partial charge in [0.05, 0.1) is 12.1 Å². The average molecular weight is 267 g/mol. The summed E-state index contributed by atoms with van der Waals surface area (Å²) in [5.41, 5.74) is 0. The average Bonchev–Trinajstić information content (AvgIpc) is 2.81. The van der Waals surface area contributed by atoms with Crippen LogP contribution in [0.15, 0.2) is 6.33 Å². The van der Waals surface area contributed by atoms with E-state index in [1.807, 2.05) is 25.5 Å². The highest BCUT2D eigenvalue weighted by atomic mass is 16.2. The van der Waals surface area contributed by atoms with Gasteiger partial charge in [-0.3, -0.25) is 10.1 Å². The third-order valence-electron chi connectivity index (χ3n) is 3.36. The van der Waals surface area contributed by atoms with Crippen LogP contribution >= 0.6 is 0 Å². The predicted molar refractivity (Wildman–Crippen MR) is 74.5 cm³/mol. The molecule has 1 amide bonds. The van der Waals surface area contributed by atoms with Crippen molar-refractivity contribution in [3.05, 3.63) is 12.2 Å². The Balaban J connectivity index is 2.52. The van der Waals surface area contributed by atoms with E-state index in [9.17, 15) is 4.79 Å². The monoisotopic (exact) mass is 267 g/mol. The SMILES string of the molecule is CCC(CC)NC(=O)C(C)NC(C)c1nncn1C. The molecule has 19 heavy (non-hydrogen) atoms. The van der Waals surface area contributed by atoms with Gasteiger partial charge in [-0.2, -0.15) is 0 Å². The highest BCUT2D eigenvalue weighted by Gasteiger charge is 2.20. The Morgan fingerprint density at radius 1 is 1.37 bits per heavy atom. The lowest BCUT2D eigenvalue weighted by atomic mass is 10.1. The first-order valence-electron chi connectivity index (χ1n) is 6.89. The quantitative estimate of drug-likeness (QED) is 0.777. The molecule has 2 N–H and O–H groups in total. The number of aryl methyl sites for hydroxylation is 1. The molecule has 0 aliphatic heterocycles. The van der Waals surface area contributed by atoms with Gasteiger partial charge in [-0.1, -0.05) is 13.8 Å². The van der Waals surface area contributed by atoms with Crippen LogP contribution in [0.3, 0.4) is 0 Å². The molecule has 0 aliphatic rings.